The molecule has 0 fully saturated rings. The van der Waals surface area contributed by atoms with E-state index in [1.54, 1.807) is 17.0 Å². The molecule has 4 aromatic carbocycles. The number of para-hydroxylation sites is 1. The minimum Gasteiger partial charge on any atom is -0.465 e. The highest BCUT2D eigenvalue weighted by Gasteiger charge is 2.21. The zero-order chi connectivity index (χ0) is 27.0. The molecule has 0 saturated carbocycles. The highest BCUT2D eigenvalue weighted by Crippen LogP contribution is 2.23. The van der Waals surface area contributed by atoms with E-state index in [9.17, 15) is 9.59 Å². The number of ether oxygens (including phenoxy) is 2. The molecule has 1 aromatic heterocycles. The van der Waals surface area contributed by atoms with Gasteiger partial charge in [-0.1, -0.05) is 60.7 Å². The molecule has 194 valence electrons. The molecule has 0 aliphatic heterocycles. The van der Waals surface area contributed by atoms with E-state index >= 15 is 0 Å². The SMILES string of the molecule is COC(=O)c1cc(C(=O)N(Cc2ccccc2)Cc2ccc(Oc3ccccc3)cc2)cc(-n2cnnn2)c1. The molecule has 0 aliphatic rings. The normalized spacial score (nSPS) is 10.6. The minimum atomic E-state index is -0.567. The van der Waals surface area contributed by atoms with Gasteiger partial charge in [0.15, 0.2) is 0 Å². The van der Waals surface area contributed by atoms with E-state index in [-0.39, 0.29) is 11.5 Å². The number of esters is 1. The maximum absolute atomic E-state index is 13.9. The van der Waals surface area contributed by atoms with Crippen molar-refractivity contribution in [2.45, 2.75) is 13.1 Å². The summed E-state index contributed by atoms with van der Waals surface area (Å²) in [6, 6.07) is 31.6. The lowest BCUT2D eigenvalue weighted by molar-refractivity contribution is 0.0600. The van der Waals surface area contributed by atoms with Crippen LogP contribution in [0.15, 0.2) is 109 Å². The van der Waals surface area contributed by atoms with Crippen molar-refractivity contribution in [3.63, 3.8) is 0 Å². The second-order valence-corrected chi connectivity index (χ2v) is 8.72. The van der Waals surface area contributed by atoms with E-state index in [1.165, 1.54) is 24.2 Å². The van der Waals surface area contributed by atoms with Crippen LogP contribution >= 0.6 is 0 Å². The van der Waals surface area contributed by atoms with Crippen molar-refractivity contribution >= 4 is 11.9 Å². The van der Waals surface area contributed by atoms with Crippen LogP contribution in [0.25, 0.3) is 5.69 Å². The number of tetrazole rings is 1. The standard InChI is InChI=1S/C30H25N5O4/c1-38-30(37)25-16-24(17-26(18-25)35-21-31-32-33-35)29(36)34(19-22-8-4-2-5-9-22)20-23-12-14-28(15-13-23)39-27-10-6-3-7-11-27/h2-18,21H,19-20H2,1H3. The second-order valence-electron chi connectivity index (χ2n) is 8.72. The maximum Gasteiger partial charge on any atom is 0.337 e. The van der Waals surface area contributed by atoms with E-state index in [4.69, 9.17) is 9.47 Å². The topological polar surface area (TPSA) is 99.4 Å². The van der Waals surface area contributed by atoms with Gasteiger partial charge in [0.2, 0.25) is 0 Å². The number of nitrogens with zero attached hydrogens (tertiary/aromatic N) is 5. The molecule has 1 heterocycles. The Morgan fingerprint density at radius 1 is 0.769 bits per heavy atom. The Morgan fingerprint density at radius 2 is 1.38 bits per heavy atom. The molecule has 5 rings (SSSR count). The first-order chi connectivity index (χ1) is 19.1. The molecule has 0 aliphatic carbocycles. The number of carbonyl (C=O) groups excluding carboxylic acids is 2. The summed E-state index contributed by atoms with van der Waals surface area (Å²) in [6.45, 7) is 0.701. The van der Waals surface area contributed by atoms with Crippen molar-refractivity contribution in [1.82, 2.24) is 25.1 Å². The van der Waals surface area contributed by atoms with Crippen LogP contribution in [0, 0.1) is 0 Å². The summed E-state index contributed by atoms with van der Waals surface area (Å²) in [7, 11) is 1.29. The van der Waals surface area contributed by atoms with Crippen LogP contribution in [0.1, 0.15) is 31.8 Å². The minimum absolute atomic E-state index is 0.218. The van der Waals surface area contributed by atoms with Gasteiger partial charge in [-0.05, 0) is 64.0 Å². The van der Waals surface area contributed by atoms with Crippen molar-refractivity contribution in [3.8, 4) is 17.2 Å². The van der Waals surface area contributed by atoms with Crippen molar-refractivity contribution < 1.29 is 19.1 Å². The van der Waals surface area contributed by atoms with Gasteiger partial charge in [0.1, 0.15) is 17.8 Å². The lowest BCUT2D eigenvalue weighted by atomic mass is 10.1. The van der Waals surface area contributed by atoms with Gasteiger partial charge < -0.3 is 14.4 Å². The fraction of sp³-hybridized carbons (Fsp3) is 0.100. The van der Waals surface area contributed by atoms with Crippen LogP contribution in [-0.2, 0) is 17.8 Å². The number of aromatic nitrogens is 4. The van der Waals surface area contributed by atoms with Gasteiger partial charge in [-0.25, -0.2) is 9.48 Å². The summed E-state index contributed by atoms with van der Waals surface area (Å²) < 4.78 is 12.2. The van der Waals surface area contributed by atoms with E-state index in [2.05, 4.69) is 15.5 Å². The van der Waals surface area contributed by atoms with Gasteiger partial charge in [-0.3, -0.25) is 4.79 Å². The highest BCUT2D eigenvalue weighted by molar-refractivity contribution is 5.98. The molecule has 0 spiro atoms. The van der Waals surface area contributed by atoms with Crippen LogP contribution in [-0.4, -0.2) is 44.1 Å². The number of rotatable bonds is 9. The molecule has 0 bridgehead atoms. The number of benzene rings is 4. The van der Waals surface area contributed by atoms with Gasteiger partial charge in [0.05, 0.1) is 18.4 Å². The highest BCUT2D eigenvalue weighted by atomic mass is 16.5. The first-order valence-corrected chi connectivity index (χ1v) is 12.2. The van der Waals surface area contributed by atoms with Crippen LogP contribution in [0.3, 0.4) is 0 Å². The van der Waals surface area contributed by atoms with Gasteiger partial charge in [0, 0.05) is 18.7 Å². The van der Waals surface area contributed by atoms with Gasteiger partial charge >= 0.3 is 5.97 Å². The fourth-order valence-corrected chi connectivity index (χ4v) is 4.08. The summed E-state index contributed by atoms with van der Waals surface area (Å²) in [5.41, 5.74) is 2.89. The van der Waals surface area contributed by atoms with Gasteiger partial charge in [0.25, 0.3) is 5.91 Å². The zero-order valence-corrected chi connectivity index (χ0v) is 21.2. The molecule has 0 unspecified atom stereocenters. The van der Waals surface area contributed by atoms with Crippen molar-refractivity contribution in [2.24, 2.45) is 0 Å². The van der Waals surface area contributed by atoms with Gasteiger partial charge in [-0.15, -0.1) is 5.10 Å². The summed E-state index contributed by atoms with van der Waals surface area (Å²) in [5.74, 6) is 0.615. The summed E-state index contributed by atoms with van der Waals surface area (Å²) in [4.78, 5) is 28.1. The van der Waals surface area contributed by atoms with E-state index < -0.39 is 5.97 Å². The summed E-state index contributed by atoms with van der Waals surface area (Å²) in [6.07, 6.45) is 1.39. The Morgan fingerprint density at radius 3 is 2.03 bits per heavy atom. The average Bonchev–Trinajstić information content (AvgIpc) is 3.53. The number of methoxy groups -OCH3 is 1. The van der Waals surface area contributed by atoms with Crippen molar-refractivity contribution in [1.29, 1.82) is 0 Å². The van der Waals surface area contributed by atoms with Gasteiger partial charge in [-0.2, -0.15) is 0 Å². The molecule has 5 aromatic rings. The first kappa shape index (κ1) is 25.3. The van der Waals surface area contributed by atoms with Crippen LogP contribution in [0.5, 0.6) is 11.5 Å². The Kier molecular flexibility index (Phi) is 7.68. The number of amides is 1. The predicted molar refractivity (Wildman–Crippen MR) is 143 cm³/mol. The molecule has 1 amide bonds. The predicted octanol–water partition coefficient (Wildman–Crippen LogP) is 5.08. The number of carbonyl (C=O) groups is 2. The number of hydrogen-bond acceptors (Lipinski definition) is 7. The molecule has 0 atom stereocenters. The molecule has 0 radical (unpaired) electrons. The molecular weight excluding hydrogens is 494 g/mol. The molecular formula is C30H25N5O4. The molecule has 9 heteroatoms. The van der Waals surface area contributed by atoms with Crippen LogP contribution < -0.4 is 4.74 Å². The van der Waals surface area contributed by atoms with Crippen molar-refractivity contribution in [2.75, 3.05) is 7.11 Å². The third-order valence-electron chi connectivity index (χ3n) is 5.98. The largest absolute Gasteiger partial charge is 0.465 e. The maximum atomic E-state index is 13.9. The molecule has 9 nitrogen and oxygen atoms in total. The summed E-state index contributed by atoms with van der Waals surface area (Å²) in [5, 5.41) is 11.2. The molecule has 39 heavy (non-hydrogen) atoms. The Labute approximate surface area is 225 Å². The quantitative estimate of drug-likeness (QED) is 0.250. The molecule has 0 saturated heterocycles. The Hall–Kier alpha value is -5.31. The first-order valence-electron chi connectivity index (χ1n) is 12.2. The van der Waals surface area contributed by atoms with Crippen LogP contribution in [0.2, 0.25) is 0 Å². The third kappa shape index (κ3) is 6.34. The monoisotopic (exact) mass is 519 g/mol. The summed E-state index contributed by atoms with van der Waals surface area (Å²) >= 11 is 0. The third-order valence-corrected chi connectivity index (χ3v) is 5.98. The Balaban J connectivity index is 1.44. The zero-order valence-electron chi connectivity index (χ0n) is 21.2. The van der Waals surface area contributed by atoms with Crippen molar-refractivity contribution in [3.05, 3.63) is 132 Å². The lowest BCUT2D eigenvalue weighted by Crippen LogP contribution is -2.30. The fourth-order valence-electron chi connectivity index (χ4n) is 4.08. The van der Waals surface area contributed by atoms with E-state index in [1.807, 2.05) is 84.9 Å². The van der Waals surface area contributed by atoms with E-state index in [0.717, 1.165) is 16.9 Å². The smallest absolute Gasteiger partial charge is 0.337 e. The molecule has 0 N–H and O–H groups in total. The number of hydrogen-bond donors (Lipinski definition) is 0. The Bertz CT molecular complexity index is 1540. The second kappa shape index (κ2) is 11.8. The van der Waals surface area contributed by atoms with E-state index in [0.29, 0.717) is 30.1 Å². The van der Waals surface area contributed by atoms with Crippen LogP contribution in [0.4, 0.5) is 0 Å². The lowest BCUT2D eigenvalue weighted by Gasteiger charge is -2.24. The average molecular weight is 520 g/mol.